The summed E-state index contributed by atoms with van der Waals surface area (Å²) in [7, 11) is 1.70. The summed E-state index contributed by atoms with van der Waals surface area (Å²) >= 11 is 0. The van der Waals surface area contributed by atoms with Crippen LogP contribution in [0.2, 0.25) is 0 Å². The van der Waals surface area contributed by atoms with Crippen molar-refractivity contribution in [3.8, 4) is 17.0 Å². The van der Waals surface area contributed by atoms with E-state index in [0.29, 0.717) is 6.04 Å². The maximum Gasteiger partial charge on any atom is 0.118 e. The van der Waals surface area contributed by atoms with Crippen molar-refractivity contribution in [2.24, 2.45) is 5.92 Å². The molecule has 1 aliphatic rings. The van der Waals surface area contributed by atoms with Crippen LogP contribution >= 0.6 is 0 Å². The Labute approximate surface area is 195 Å². The summed E-state index contributed by atoms with van der Waals surface area (Å²) in [5.41, 5.74) is 5.06. The molecule has 2 heterocycles. The highest BCUT2D eigenvalue weighted by Gasteiger charge is 2.23. The molecule has 1 aliphatic carbocycles. The average Bonchev–Trinajstić information content (AvgIpc) is 3.37. The Hall–Kier alpha value is -3.25. The fourth-order valence-corrected chi connectivity index (χ4v) is 4.75. The first-order valence-corrected chi connectivity index (χ1v) is 11.9. The van der Waals surface area contributed by atoms with E-state index in [1.807, 2.05) is 48.8 Å². The summed E-state index contributed by atoms with van der Waals surface area (Å²) in [5.74, 6) is 1.70. The highest BCUT2D eigenvalue weighted by atomic mass is 16.5. The first-order valence-electron chi connectivity index (χ1n) is 11.9. The van der Waals surface area contributed by atoms with Gasteiger partial charge in [-0.15, -0.1) is 0 Å². The number of hydrogen-bond acceptors (Lipinski definition) is 5. The molecule has 2 aromatic heterocycles. The summed E-state index contributed by atoms with van der Waals surface area (Å²) in [6.07, 6.45) is 12.1. The number of nitrogens with one attached hydrogen (secondary N) is 1. The van der Waals surface area contributed by atoms with Crippen LogP contribution < -0.4 is 10.1 Å². The van der Waals surface area contributed by atoms with Crippen molar-refractivity contribution in [3.05, 3.63) is 72.7 Å². The first kappa shape index (κ1) is 21.6. The van der Waals surface area contributed by atoms with Gasteiger partial charge in [0.25, 0.3) is 0 Å². The van der Waals surface area contributed by atoms with Gasteiger partial charge in [0.15, 0.2) is 0 Å². The lowest BCUT2D eigenvalue weighted by Gasteiger charge is -2.28. The molecule has 0 amide bonds. The van der Waals surface area contributed by atoms with Gasteiger partial charge in [-0.3, -0.25) is 9.67 Å². The number of fused-ring (bicyclic) bond motifs is 1. The highest BCUT2D eigenvalue weighted by Crippen LogP contribution is 2.34. The van der Waals surface area contributed by atoms with Crippen LogP contribution in [0.15, 0.2) is 67.1 Å². The SMILES string of the molecule is COc1ccc(CNCCC2CCC(n3cc(-c4cnc5ccccc5n4)cn3)CC2)cc1. The van der Waals surface area contributed by atoms with E-state index in [2.05, 4.69) is 38.4 Å². The van der Waals surface area contributed by atoms with Crippen molar-refractivity contribution in [3.63, 3.8) is 0 Å². The third kappa shape index (κ3) is 5.22. The lowest BCUT2D eigenvalue weighted by molar-refractivity contribution is 0.250. The molecule has 33 heavy (non-hydrogen) atoms. The number of para-hydroxylation sites is 2. The molecule has 0 atom stereocenters. The summed E-state index contributed by atoms with van der Waals surface area (Å²) in [6.45, 7) is 1.97. The summed E-state index contributed by atoms with van der Waals surface area (Å²) in [6, 6.07) is 16.7. The number of rotatable bonds is 8. The van der Waals surface area contributed by atoms with Gasteiger partial charge in [0.2, 0.25) is 0 Å². The smallest absolute Gasteiger partial charge is 0.118 e. The molecule has 0 spiro atoms. The van der Waals surface area contributed by atoms with Crippen LogP contribution in [0.25, 0.3) is 22.3 Å². The van der Waals surface area contributed by atoms with Gasteiger partial charge in [-0.1, -0.05) is 24.3 Å². The minimum Gasteiger partial charge on any atom is -0.497 e. The molecular weight excluding hydrogens is 410 g/mol. The molecule has 170 valence electrons. The number of hydrogen-bond donors (Lipinski definition) is 1. The van der Waals surface area contributed by atoms with Gasteiger partial charge in [0.1, 0.15) is 5.75 Å². The van der Waals surface area contributed by atoms with E-state index in [9.17, 15) is 0 Å². The Morgan fingerprint density at radius 2 is 1.76 bits per heavy atom. The van der Waals surface area contributed by atoms with Crippen LogP contribution in [-0.4, -0.2) is 33.4 Å². The summed E-state index contributed by atoms with van der Waals surface area (Å²) in [4.78, 5) is 9.30. The standard InChI is InChI=1S/C27H31N5O/c1-33-24-12-8-21(9-13-24)16-28-15-14-20-6-10-23(11-7-20)32-19-22(17-30-32)27-18-29-25-4-2-3-5-26(25)31-27/h2-5,8-9,12-13,17-20,23,28H,6-7,10-11,14-16H2,1H3. The van der Waals surface area contributed by atoms with Crippen molar-refractivity contribution < 1.29 is 4.74 Å². The van der Waals surface area contributed by atoms with E-state index < -0.39 is 0 Å². The van der Waals surface area contributed by atoms with Gasteiger partial charge in [-0.25, -0.2) is 4.98 Å². The lowest BCUT2D eigenvalue weighted by atomic mass is 9.84. The van der Waals surface area contributed by atoms with Crippen LogP contribution in [0.5, 0.6) is 5.75 Å². The van der Waals surface area contributed by atoms with Gasteiger partial charge in [-0.05, 0) is 74.4 Å². The molecular formula is C27H31N5O. The Bertz CT molecular complexity index is 1180. The predicted molar refractivity (Wildman–Crippen MR) is 131 cm³/mol. The maximum absolute atomic E-state index is 5.22. The zero-order chi connectivity index (χ0) is 22.5. The fourth-order valence-electron chi connectivity index (χ4n) is 4.75. The molecule has 0 bridgehead atoms. The summed E-state index contributed by atoms with van der Waals surface area (Å²) in [5, 5.41) is 8.26. The number of aromatic nitrogens is 4. The molecule has 1 saturated carbocycles. The largest absolute Gasteiger partial charge is 0.497 e. The van der Waals surface area contributed by atoms with Crippen LogP contribution in [0, 0.1) is 5.92 Å². The van der Waals surface area contributed by atoms with Gasteiger partial charge >= 0.3 is 0 Å². The molecule has 0 aliphatic heterocycles. The Morgan fingerprint density at radius 3 is 2.55 bits per heavy atom. The van der Waals surface area contributed by atoms with Crippen molar-refractivity contribution in [1.82, 2.24) is 25.1 Å². The van der Waals surface area contributed by atoms with Crippen LogP contribution in [0.3, 0.4) is 0 Å². The molecule has 4 aromatic rings. The van der Waals surface area contributed by atoms with Gasteiger partial charge in [0, 0.05) is 18.3 Å². The molecule has 0 unspecified atom stereocenters. The second-order valence-corrected chi connectivity index (χ2v) is 8.94. The topological polar surface area (TPSA) is 64.9 Å². The first-order chi connectivity index (χ1) is 16.3. The third-order valence-electron chi connectivity index (χ3n) is 6.75. The molecule has 6 nitrogen and oxygen atoms in total. The average molecular weight is 442 g/mol. The molecule has 1 fully saturated rings. The lowest BCUT2D eigenvalue weighted by Crippen LogP contribution is -2.22. The normalized spacial score (nSPS) is 18.5. The number of ether oxygens (including phenoxy) is 1. The van der Waals surface area contributed by atoms with E-state index in [1.165, 1.54) is 37.7 Å². The van der Waals surface area contributed by atoms with E-state index in [1.54, 1.807) is 7.11 Å². The Kier molecular flexibility index (Phi) is 6.63. The quantitative estimate of drug-likeness (QED) is 0.370. The second kappa shape index (κ2) is 10.1. The molecule has 0 radical (unpaired) electrons. The number of nitrogens with zero attached hydrogens (tertiary/aromatic N) is 4. The van der Waals surface area contributed by atoms with Crippen LogP contribution in [0.4, 0.5) is 0 Å². The van der Waals surface area contributed by atoms with E-state index in [4.69, 9.17) is 9.72 Å². The van der Waals surface area contributed by atoms with Crippen molar-refractivity contribution in [2.75, 3.05) is 13.7 Å². The van der Waals surface area contributed by atoms with Crippen LogP contribution in [0.1, 0.15) is 43.7 Å². The zero-order valence-electron chi connectivity index (χ0n) is 19.2. The Morgan fingerprint density at radius 1 is 0.970 bits per heavy atom. The maximum atomic E-state index is 5.22. The minimum atomic E-state index is 0.482. The molecule has 5 rings (SSSR count). The molecule has 0 saturated heterocycles. The van der Waals surface area contributed by atoms with E-state index in [-0.39, 0.29) is 0 Å². The molecule has 1 N–H and O–H groups in total. The summed E-state index contributed by atoms with van der Waals surface area (Å²) < 4.78 is 7.36. The van der Waals surface area contributed by atoms with Crippen molar-refractivity contribution in [2.45, 2.75) is 44.7 Å². The molecule has 6 heteroatoms. The van der Waals surface area contributed by atoms with Crippen molar-refractivity contribution >= 4 is 11.0 Å². The van der Waals surface area contributed by atoms with Crippen LogP contribution in [-0.2, 0) is 6.54 Å². The molecule has 2 aromatic carbocycles. The second-order valence-electron chi connectivity index (χ2n) is 8.94. The number of methoxy groups -OCH3 is 1. The van der Waals surface area contributed by atoms with E-state index in [0.717, 1.165) is 47.0 Å². The fraction of sp³-hybridized carbons (Fsp3) is 0.370. The third-order valence-corrected chi connectivity index (χ3v) is 6.75. The van der Waals surface area contributed by atoms with Gasteiger partial charge < -0.3 is 10.1 Å². The zero-order valence-corrected chi connectivity index (χ0v) is 19.2. The monoisotopic (exact) mass is 441 g/mol. The van der Waals surface area contributed by atoms with Gasteiger partial charge in [-0.2, -0.15) is 5.10 Å². The highest BCUT2D eigenvalue weighted by molar-refractivity contribution is 5.76. The minimum absolute atomic E-state index is 0.482. The predicted octanol–water partition coefficient (Wildman–Crippen LogP) is 5.41. The van der Waals surface area contributed by atoms with Crippen molar-refractivity contribution in [1.29, 1.82) is 0 Å². The van der Waals surface area contributed by atoms with E-state index >= 15 is 0 Å². The van der Waals surface area contributed by atoms with Gasteiger partial charge in [0.05, 0.1) is 42.3 Å². The Balaban J connectivity index is 1.09. The number of benzene rings is 2.